The van der Waals surface area contributed by atoms with Crippen molar-refractivity contribution in [2.45, 2.75) is 0 Å². The van der Waals surface area contributed by atoms with Gasteiger partial charge in [-0.25, -0.2) is 9.78 Å². The van der Waals surface area contributed by atoms with Crippen LogP contribution in [-0.4, -0.2) is 9.97 Å². The molecule has 0 amide bonds. The number of nitrogens with one attached hydrogen (secondary N) is 1. The average molecular weight is 222 g/mol. The maximum Gasteiger partial charge on any atom is 0.344 e. The van der Waals surface area contributed by atoms with Crippen LogP contribution in [0, 0.1) is 3.57 Å². The molecule has 0 atom stereocenters. The van der Waals surface area contributed by atoms with Crippen LogP contribution in [-0.2, 0) is 0 Å². The number of aromatic nitrogens is 2. The van der Waals surface area contributed by atoms with E-state index in [2.05, 4.69) is 32.6 Å². The van der Waals surface area contributed by atoms with Gasteiger partial charge in [0.05, 0.1) is 0 Å². The van der Waals surface area contributed by atoms with Crippen molar-refractivity contribution >= 4 is 22.6 Å². The molecule has 0 saturated carbocycles. The van der Waals surface area contributed by atoms with Crippen molar-refractivity contribution in [3.05, 3.63) is 26.4 Å². The van der Waals surface area contributed by atoms with Crippen LogP contribution in [0.5, 0.6) is 0 Å². The molecule has 8 heavy (non-hydrogen) atoms. The Morgan fingerprint density at radius 3 is 2.88 bits per heavy atom. The molecule has 0 fully saturated rings. The lowest BCUT2D eigenvalue weighted by Crippen LogP contribution is -2.07. The number of hydrogen-bond acceptors (Lipinski definition) is 2. The number of H-pyrrole nitrogens is 1. The lowest BCUT2D eigenvalue weighted by Gasteiger charge is -1.81. The first-order chi connectivity index (χ1) is 3.79. The van der Waals surface area contributed by atoms with Gasteiger partial charge < -0.3 is 4.98 Å². The molecule has 0 aliphatic heterocycles. The zero-order valence-corrected chi connectivity index (χ0v) is 6.05. The van der Waals surface area contributed by atoms with Crippen molar-refractivity contribution in [2.24, 2.45) is 0 Å². The van der Waals surface area contributed by atoms with Crippen molar-refractivity contribution in [3.63, 3.8) is 0 Å². The number of halogens is 1. The van der Waals surface area contributed by atoms with Crippen LogP contribution in [0.1, 0.15) is 0 Å². The molecule has 1 aromatic rings. The predicted octanol–water partition coefficient (Wildman–Crippen LogP) is 0.375. The molecule has 42 valence electrons. The Balaban J connectivity index is 3.22. The highest BCUT2D eigenvalue weighted by atomic mass is 127. The SMILES string of the molecule is O=c1ncc(I)c[nH]1. The second-order valence-electron chi connectivity index (χ2n) is 1.24. The van der Waals surface area contributed by atoms with Crippen molar-refractivity contribution < 1.29 is 0 Å². The second kappa shape index (κ2) is 2.25. The fourth-order valence-electron chi connectivity index (χ4n) is 0.326. The summed E-state index contributed by atoms with van der Waals surface area (Å²) in [5.74, 6) is 0. The molecule has 1 aromatic heterocycles. The molecule has 0 saturated heterocycles. The van der Waals surface area contributed by atoms with E-state index in [1.165, 1.54) is 6.20 Å². The summed E-state index contributed by atoms with van der Waals surface area (Å²) >= 11 is 2.06. The van der Waals surface area contributed by atoms with Gasteiger partial charge in [-0.3, -0.25) is 0 Å². The Bertz CT molecular complexity index is 211. The maximum absolute atomic E-state index is 10.3. The Morgan fingerprint density at radius 1 is 1.75 bits per heavy atom. The minimum Gasteiger partial charge on any atom is -0.312 e. The monoisotopic (exact) mass is 222 g/mol. The lowest BCUT2D eigenvalue weighted by atomic mass is 10.7. The van der Waals surface area contributed by atoms with E-state index in [-0.39, 0.29) is 5.69 Å². The third kappa shape index (κ3) is 1.29. The molecule has 0 aromatic carbocycles. The van der Waals surface area contributed by atoms with Gasteiger partial charge in [-0.15, -0.1) is 0 Å². The molecule has 1 rings (SSSR count). The topological polar surface area (TPSA) is 45.8 Å². The van der Waals surface area contributed by atoms with Gasteiger partial charge in [-0.05, 0) is 22.6 Å². The van der Waals surface area contributed by atoms with Gasteiger partial charge in [0.25, 0.3) is 0 Å². The molecule has 0 unspecified atom stereocenters. The number of rotatable bonds is 0. The molecule has 4 heteroatoms. The first kappa shape index (κ1) is 5.74. The number of hydrogen-bond donors (Lipinski definition) is 1. The Morgan fingerprint density at radius 2 is 2.50 bits per heavy atom. The van der Waals surface area contributed by atoms with E-state index in [0.29, 0.717) is 0 Å². The summed E-state index contributed by atoms with van der Waals surface area (Å²) < 4.78 is 0.933. The van der Waals surface area contributed by atoms with E-state index < -0.39 is 0 Å². The van der Waals surface area contributed by atoms with E-state index in [1.54, 1.807) is 6.20 Å². The summed E-state index contributed by atoms with van der Waals surface area (Å²) in [4.78, 5) is 16.1. The summed E-state index contributed by atoms with van der Waals surface area (Å²) in [6, 6.07) is 0. The molecule has 0 bridgehead atoms. The van der Waals surface area contributed by atoms with E-state index in [4.69, 9.17) is 0 Å². The van der Waals surface area contributed by atoms with E-state index in [1.807, 2.05) is 0 Å². The van der Waals surface area contributed by atoms with Crippen LogP contribution in [0.4, 0.5) is 0 Å². The quantitative estimate of drug-likeness (QED) is 0.644. The van der Waals surface area contributed by atoms with Crippen LogP contribution in [0.25, 0.3) is 0 Å². The fourth-order valence-corrected chi connectivity index (χ4v) is 0.620. The minimum absolute atomic E-state index is 0.301. The first-order valence-corrected chi connectivity index (χ1v) is 3.07. The summed E-state index contributed by atoms with van der Waals surface area (Å²) in [5, 5.41) is 0. The van der Waals surface area contributed by atoms with Gasteiger partial charge in [-0.1, -0.05) is 0 Å². The number of nitrogens with zero attached hydrogens (tertiary/aromatic N) is 1. The Hall–Kier alpha value is -0.390. The zero-order chi connectivity index (χ0) is 5.98. The van der Waals surface area contributed by atoms with Gasteiger partial charge in [0.2, 0.25) is 0 Å². The third-order valence-electron chi connectivity index (χ3n) is 0.639. The number of aromatic amines is 1. The van der Waals surface area contributed by atoms with Crippen LogP contribution in [0.2, 0.25) is 0 Å². The average Bonchev–Trinajstić information content (AvgIpc) is 1.77. The van der Waals surface area contributed by atoms with Gasteiger partial charge in [0, 0.05) is 16.0 Å². The van der Waals surface area contributed by atoms with Crippen molar-refractivity contribution in [3.8, 4) is 0 Å². The van der Waals surface area contributed by atoms with E-state index >= 15 is 0 Å². The predicted molar refractivity (Wildman–Crippen MR) is 37.6 cm³/mol. The fraction of sp³-hybridized carbons (Fsp3) is 0. The van der Waals surface area contributed by atoms with Gasteiger partial charge in [-0.2, -0.15) is 0 Å². The van der Waals surface area contributed by atoms with Crippen molar-refractivity contribution in [2.75, 3.05) is 0 Å². The molecular weight excluding hydrogens is 219 g/mol. The highest BCUT2D eigenvalue weighted by molar-refractivity contribution is 14.1. The van der Waals surface area contributed by atoms with E-state index in [9.17, 15) is 4.79 Å². The van der Waals surface area contributed by atoms with Crippen LogP contribution < -0.4 is 5.69 Å². The van der Waals surface area contributed by atoms with Crippen molar-refractivity contribution in [1.29, 1.82) is 0 Å². The molecule has 1 N–H and O–H groups in total. The normalized spacial score (nSPS) is 9.12. The van der Waals surface area contributed by atoms with Gasteiger partial charge in [0.1, 0.15) is 0 Å². The Labute approximate surface area is 59.3 Å². The molecule has 0 radical (unpaired) electrons. The molecule has 0 spiro atoms. The Kier molecular flexibility index (Phi) is 1.62. The largest absolute Gasteiger partial charge is 0.344 e. The zero-order valence-electron chi connectivity index (χ0n) is 3.89. The summed E-state index contributed by atoms with van der Waals surface area (Å²) in [7, 11) is 0. The minimum atomic E-state index is -0.301. The third-order valence-corrected chi connectivity index (χ3v) is 1.23. The van der Waals surface area contributed by atoms with Crippen LogP contribution in [0.15, 0.2) is 17.2 Å². The molecule has 0 aliphatic carbocycles. The lowest BCUT2D eigenvalue weighted by molar-refractivity contribution is 1.06. The smallest absolute Gasteiger partial charge is 0.312 e. The van der Waals surface area contributed by atoms with Crippen molar-refractivity contribution in [1.82, 2.24) is 9.97 Å². The standard InChI is InChI=1S/C4H3IN2O/c5-3-1-6-4(8)7-2-3/h1-2H,(H,6,7,8). The van der Waals surface area contributed by atoms with E-state index in [0.717, 1.165) is 3.57 Å². The van der Waals surface area contributed by atoms with Gasteiger partial charge >= 0.3 is 5.69 Å². The molecule has 0 aliphatic rings. The van der Waals surface area contributed by atoms with Gasteiger partial charge in [0.15, 0.2) is 0 Å². The highest BCUT2D eigenvalue weighted by Crippen LogP contribution is 1.93. The summed E-state index contributed by atoms with van der Waals surface area (Å²) in [6.45, 7) is 0. The molecular formula is C4H3IN2O. The second-order valence-corrected chi connectivity index (χ2v) is 2.48. The first-order valence-electron chi connectivity index (χ1n) is 1.99. The summed E-state index contributed by atoms with van der Waals surface area (Å²) in [5.41, 5.74) is -0.301. The van der Waals surface area contributed by atoms with Crippen LogP contribution in [0.3, 0.4) is 0 Å². The highest BCUT2D eigenvalue weighted by Gasteiger charge is 1.81. The summed E-state index contributed by atoms with van der Waals surface area (Å²) in [6.07, 6.45) is 3.12. The van der Waals surface area contributed by atoms with Crippen LogP contribution >= 0.6 is 22.6 Å². The molecule has 1 heterocycles. The maximum atomic E-state index is 10.3. The molecule has 3 nitrogen and oxygen atoms in total.